The quantitative estimate of drug-likeness (QED) is 0.292. The Morgan fingerprint density at radius 1 is 1.23 bits per heavy atom. The van der Waals surface area contributed by atoms with Gasteiger partial charge in [0.05, 0.1) is 17.5 Å². The number of carbonyl (C=O) groups is 1. The minimum Gasteiger partial charge on any atom is -0.383 e. The van der Waals surface area contributed by atoms with Crippen LogP contribution in [0.1, 0.15) is 29.8 Å². The van der Waals surface area contributed by atoms with Gasteiger partial charge in [-0.3, -0.25) is 14.2 Å². The molecule has 0 spiro atoms. The number of carbonyl (C=O) groups excluding carboxylic acids is 1. The number of thioether (sulfide) groups is 1. The van der Waals surface area contributed by atoms with Gasteiger partial charge in [0.25, 0.3) is 11.5 Å². The summed E-state index contributed by atoms with van der Waals surface area (Å²) in [4.78, 5) is 30.4. The predicted molar refractivity (Wildman–Crippen MR) is 126 cm³/mol. The van der Waals surface area contributed by atoms with Gasteiger partial charge >= 0.3 is 0 Å². The van der Waals surface area contributed by atoms with Crippen LogP contribution in [-0.2, 0) is 17.0 Å². The average molecular weight is 460 g/mol. The highest BCUT2D eigenvalue weighted by atomic mass is 35.5. The number of hydrogen-bond donors (Lipinski definition) is 1. The summed E-state index contributed by atoms with van der Waals surface area (Å²) < 4.78 is 6.69. The zero-order valence-corrected chi connectivity index (χ0v) is 19.4. The smallest absolute Gasteiger partial charge is 0.262 e. The molecule has 0 fully saturated rings. The first kappa shape index (κ1) is 23.3. The molecule has 1 amide bonds. The van der Waals surface area contributed by atoms with E-state index in [1.54, 1.807) is 29.9 Å². The third-order valence-electron chi connectivity index (χ3n) is 4.60. The number of hydrogen-bond acceptors (Lipinski definition) is 5. The molecule has 164 valence electrons. The van der Waals surface area contributed by atoms with Crippen molar-refractivity contribution in [2.45, 2.75) is 31.3 Å². The van der Waals surface area contributed by atoms with E-state index >= 15 is 0 Å². The largest absolute Gasteiger partial charge is 0.383 e. The zero-order valence-electron chi connectivity index (χ0n) is 17.9. The van der Waals surface area contributed by atoms with E-state index in [0.29, 0.717) is 52.1 Å². The van der Waals surface area contributed by atoms with Crippen molar-refractivity contribution < 1.29 is 9.53 Å². The van der Waals surface area contributed by atoms with Crippen molar-refractivity contribution in [2.75, 3.05) is 20.3 Å². The van der Waals surface area contributed by atoms with E-state index in [2.05, 4.69) is 19.2 Å². The van der Waals surface area contributed by atoms with Crippen LogP contribution in [-0.4, -0.2) is 35.7 Å². The molecule has 8 heteroatoms. The van der Waals surface area contributed by atoms with E-state index in [0.717, 1.165) is 5.56 Å². The second-order valence-electron chi connectivity index (χ2n) is 7.60. The molecule has 1 N–H and O–H groups in total. The van der Waals surface area contributed by atoms with Crippen LogP contribution >= 0.6 is 23.4 Å². The van der Waals surface area contributed by atoms with Gasteiger partial charge in [-0.2, -0.15) is 0 Å². The molecule has 6 nitrogen and oxygen atoms in total. The SMILES string of the molecule is COCCNC(=O)c1ccc2c(=O)n(CC(C)C)c(SCc3ccc(Cl)cc3)nc2c1. The molecular formula is C23H26ClN3O3S. The van der Waals surface area contributed by atoms with Gasteiger partial charge in [-0.05, 0) is 41.8 Å². The number of nitrogens with one attached hydrogen (secondary N) is 1. The van der Waals surface area contributed by atoms with Gasteiger partial charge < -0.3 is 10.1 Å². The molecular weight excluding hydrogens is 434 g/mol. The van der Waals surface area contributed by atoms with E-state index in [1.807, 2.05) is 24.3 Å². The number of benzene rings is 2. The van der Waals surface area contributed by atoms with E-state index in [-0.39, 0.29) is 17.4 Å². The van der Waals surface area contributed by atoms with Crippen LogP contribution in [0.3, 0.4) is 0 Å². The van der Waals surface area contributed by atoms with E-state index in [9.17, 15) is 9.59 Å². The van der Waals surface area contributed by atoms with Crippen molar-refractivity contribution >= 4 is 40.2 Å². The Morgan fingerprint density at radius 2 is 1.97 bits per heavy atom. The number of ether oxygens (including phenoxy) is 1. The zero-order chi connectivity index (χ0) is 22.4. The van der Waals surface area contributed by atoms with Crippen molar-refractivity contribution in [2.24, 2.45) is 5.92 Å². The summed E-state index contributed by atoms with van der Waals surface area (Å²) >= 11 is 7.47. The van der Waals surface area contributed by atoms with Gasteiger partial charge in [0.2, 0.25) is 0 Å². The summed E-state index contributed by atoms with van der Waals surface area (Å²) in [5.41, 5.74) is 1.98. The minimum absolute atomic E-state index is 0.0938. The maximum atomic E-state index is 13.2. The third-order valence-corrected chi connectivity index (χ3v) is 5.90. The molecule has 0 aliphatic carbocycles. The Labute approximate surface area is 191 Å². The lowest BCUT2D eigenvalue weighted by Gasteiger charge is -2.15. The summed E-state index contributed by atoms with van der Waals surface area (Å²) in [6.45, 7) is 5.56. The van der Waals surface area contributed by atoms with Gasteiger partial charge in [0.1, 0.15) is 0 Å². The first-order chi connectivity index (χ1) is 14.9. The van der Waals surface area contributed by atoms with E-state index < -0.39 is 0 Å². The van der Waals surface area contributed by atoms with Crippen molar-refractivity contribution in [1.29, 1.82) is 0 Å². The Morgan fingerprint density at radius 3 is 2.65 bits per heavy atom. The first-order valence-corrected chi connectivity index (χ1v) is 11.4. The molecule has 3 rings (SSSR count). The molecule has 0 atom stereocenters. The van der Waals surface area contributed by atoms with Crippen LogP contribution in [0.5, 0.6) is 0 Å². The highest BCUT2D eigenvalue weighted by Crippen LogP contribution is 2.24. The van der Waals surface area contributed by atoms with Crippen molar-refractivity contribution in [3.05, 3.63) is 69.0 Å². The Balaban J connectivity index is 1.95. The number of fused-ring (bicyclic) bond motifs is 1. The lowest BCUT2D eigenvalue weighted by Crippen LogP contribution is -2.28. The minimum atomic E-state index is -0.220. The number of nitrogens with zero attached hydrogens (tertiary/aromatic N) is 2. The molecule has 31 heavy (non-hydrogen) atoms. The van der Waals surface area contributed by atoms with Crippen LogP contribution < -0.4 is 10.9 Å². The molecule has 0 aliphatic heterocycles. The van der Waals surface area contributed by atoms with Crippen LogP contribution in [0.25, 0.3) is 10.9 Å². The van der Waals surface area contributed by atoms with Gasteiger partial charge in [-0.25, -0.2) is 4.98 Å². The van der Waals surface area contributed by atoms with E-state index in [1.165, 1.54) is 11.8 Å². The molecule has 0 saturated carbocycles. The Bertz CT molecular complexity index is 1110. The third kappa shape index (κ3) is 6.09. The summed E-state index contributed by atoms with van der Waals surface area (Å²) in [7, 11) is 1.58. The molecule has 0 aliphatic rings. The summed E-state index contributed by atoms with van der Waals surface area (Å²) in [6, 6.07) is 12.6. The molecule has 2 aromatic carbocycles. The van der Waals surface area contributed by atoms with Gasteiger partial charge in [-0.1, -0.05) is 49.3 Å². The number of halogens is 1. The lowest BCUT2D eigenvalue weighted by molar-refractivity contribution is 0.0937. The molecule has 0 unspecified atom stereocenters. The maximum absolute atomic E-state index is 13.2. The fourth-order valence-electron chi connectivity index (χ4n) is 3.08. The molecule has 0 radical (unpaired) electrons. The molecule has 0 bridgehead atoms. The lowest BCUT2D eigenvalue weighted by atomic mass is 10.1. The van der Waals surface area contributed by atoms with Gasteiger partial charge in [0, 0.05) is 36.5 Å². The summed E-state index contributed by atoms with van der Waals surface area (Å²) in [5, 5.41) is 4.62. The second kappa shape index (κ2) is 10.8. The Kier molecular flexibility index (Phi) is 8.12. The molecule has 0 saturated heterocycles. The fraction of sp³-hybridized carbons (Fsp3) is 0.348. The van der Waals surface area contributed by atoms with Crippen molar-refractivity contribution in [1.82, 2.24) is 14.9 Å². The van der Waals surface area contributed by atoms with E-state index in [4.69, 9.17) is 21.3 Å². The first-order valence-electron chi connectivity index (χ1n) is 10.1. The highest BCUT2D eigenvalue weighted by molar-refractivity contribution is 7.98. The maximum Gasteiger partial charge on any atom is 0.262 e. The van der Waals surface area contributed by atoms with Crippen LogP contribution in [0.2, 0.25) is 5.02 Å². The van der Waals surface area contributed by atoms with Gasteiger partial charge in [0.15, 0.2) is 5.16 Å². The predicted octanol–water partition coefficient (Wildman–Crippen LogP) is 4.37. The normalized spacial score (nSPS) is 11.3. The average Bonchev–Trinajstić information content (AvgIpc) is 2.75. The summed E-state index contributed by atoms with van der Waals surface area (Å²) in [6.07, 6.45) is 0. The highest BCUT2D eigenvalue weighted by Gasteiger charge is 2.15. The Hall–Kier alpha value is -2.35. The number of rotatable bonds is 9. The van der Waals surface area contributed by atoms with Crippen LogP contribution in [0.15, 0.2) is 52.4 Å². The van der Waals surface area contributed by atoms with Gasteiger partial charge in [-0.15, -0.1) is 0 Å². The van der Waals surface area contributed by atoms with Crippen molar-refractivity contribution in [3.63, 3.8) is 0 Å². The number of amides is 1. The molecule has 1 aromatic heterocycles. The second-order valence-corrected chi connectivity index (χ2v) is 8.98. The summed E-state index contributed by atoms with van der Waals surface area (Å²) in [5.74, 6) is 0.727. The monoisotopic (exact) mass is 459 g/mol. The molecule has 1 heterocycles. The molecule has 3 aromatic rings. The standard InChI is InChI=1S/C23H26ClN3O3S/c1-15(2)13-27-22(29)19-9-6-17(21(28)25-10-11-30-3)12-20(19)26-23(27)31-14-16-4-7-18(24)8-5-16/h4-9,12,15H,10-11,13-14H2,1-3H3,(H,25,28). The van der Waals surface area contributed by atoms with Crippen LogP contribution in [0, 0.1) is 5.92 Å². The van der Waals surface area contributed by atoms with Crippen LogP contribution in [0.4, 0.5) is 0 Å². The fourth-order valence-corrected chi connectivity index (χ4v) is 4.17. The van der Waals surface area contributed by atoms with Crippen molar-refractivity contribution in [3.8, 4) is 0 Å². The topological polar surface area (TPSA) is 73.2 Å². The number of methoxy groups -OCH3 is 1. The number of aromatic nitrogens is 2.